The van der Waals surface area contributed by atoms with Gasteiger partial charge in [0, 0.05) is 11.6 Å². The van der Waals surface area contributed by atoms with Gasteiger partial charge in [0.1, 0.15) is 10.5 Å². The second-order valence-electron chi connectivity index (χ2n) is 5.43. The molecule has 1 N–H and O–H groups in total. The van der Waals surface area contributed by atoms with Crippen LogP contribution in [0.4, 0.5) is 0 Å². The monoisotopic (exact) mass is 328 g/mol. The highest BCUT2D eigenvalue weighted by atomic mass is 79.9. The summed E-state index contributed by atoms with van der Waals surface area (Å²) in [6.45, 7) is 4.53. The van der Waals surface area contributed by atoms with E-state index in [9.17, 15) is 0 Å². The zero-order valence-electron chi connectivity index (χ0n) is 11.1. The highest BCUT2D eigenvalue weighted by Crippen LogP contribution is 2.34. The number of rotatable bonds is 3. The maximum Gasteiger partial charge on any atom is 0.144 e. The van der Waals surface area contributed by atoms with Crippen molar-refractivity contribution < 1.29 is 0 Å². The lowest BCUT2D eigenvalue weighted by Gasteiger charge is -2.25. The quantitative estimate of drug-likeness (QED) is 0.777. The van der Waals surface area contributed by atoms with Crippen molar-refractivity contribution in [1.82, 2.24) is 9.97 Å². The van der Waals surface area contributed by atoms with Crippen molar-refractivity contribution in [3.63, 3.8) is 0 Å². The molecule has 1 aliphatic rings. The van der Waals surface area contributed by atoms with Crippen LogP contribution in [0.2, 0.25) is 0 Å². The molecule has 0 saturated heterocycles. The van der Waals surface area contributed by atoms with Crippen LogP contribution in [0.5, 0.6) is 0 Å². The summed E-state index contributed by atoms with van der Waals surface area (Å²) in [7, 11) is 0. The molecule has 2 rings (SSSR count). The normalized spacial score (nSPS) is 24.2. The van der Waals surface area contributed by atoms with Crippen molar-refractivity contribution in [3.8, 4) is 0 Å². The predicted molar refractivity (Wildman–Crippen MR) is 81.5 cm³/mol. The minimum absolute atomic E-state index is 0.576. The minimum atomic E-state index is 0.576. The van der Waals surface area contributed by atoms with Crippen LogP contribution in [-0.2, 0) is 6.42 Å². The molecule has 100 valence electrons. The zero-order valence-corrected chi connectivity index (χ0v) is 13.5. The van der Waals surface area contributed by atoms with Gasteiger partial charge in [-0.1, -0.05) is 45.3 Å². The zero-order chi connectivity index (χ0) is 13.1. The van der Waals surface area contributed by atoms with Crippen LogP contribution < -0.4 is 0 Å². The second-order valence-corrected chi connectivity index (χ2v) is 6.61. The Hall–Kier alpha value is -0.220. The highest BCUT2D eigenvalue weighted by molar-refractivity contribution is 9.10. The lowest BCUT2D eigenvalue weighted by Crippen LogP contribution is -2.14. The largest absolute Gasteiger partial charge is 0.346 e. The van der Waals surface area contributed by atoms with Crippen molar-refractivity contribution in [1.29, 1.82) is 0 Å². The van der Waals surface area contributed by atoms with Crippen LogP contribution in [0.25, 0.3) is 0 Å². The summed E-state index contributed by atoms with van der Waals surface area (Å²) in [6.07, 6.45) is 7.26. The third kappa shape index (κ3) is 3.21. The lowest BCUT2D eigenvalue weighted by atomic mass is 9.82. The van der Waals surface area contributed by atoms with Gasteiger partial charge in [-0.25, -0.2) is 4.98 Å². The average molecular weight is 329 g/mol. The molecule has 0 atom stereocenters. The molecule has 1 fully saturated rings. The minimum Gasteiger partial charge on any atom is -0.346 e. The van der Waals surface area contributed by atoms with Crippen LogP contribution in [-0.4, -0.2) is 9.97 Å². The summed E-state index contributed by atoms with van der Waals surface area (Å²) in [4.78, 5) is 8.09. The van der Waals surface area contributed by atoms with E-state index in [-0.39, 0.29) is 0 Å². The summed E-state index contributed by atoms with van der Waals surface area (Å²) in [6, 6.07) is 0. The molecule has 0 unspecified atom stereocenters. The number of aromatic amines is 1. The van der Waals surface area contributed by atoms with Crippen LogP contribution >= 0.6 is 28.1 Å². The molecule has 2 nitrogen and oxygen atoms in total. The Morgan fingerprint density at radius 2 is 2.00 bits per heavy atom. The fourth-order valence-electron chi connectivity index (χ4n) is 2.67. The fraction of sp³-hybridized carbons (Fsp3) is 0.714. The Morgan fingerprint density at radius 3 is 2.61 bits per heavy atom. The molecule has 1 aliphatic carbocycles. The highest BCUT2D eigenvalue weighted by Gasteiger charge is 2.22. The average Bonchev–Trinajstić information content (AvgIpc) is 2.36. The van der Waals surface area contributed by atoms with E-state index in [0.717, 1.165) is 29.1 Å². The molecule has 0 amide bonds. The van der Waals surface area contributed by atoms with Gasteiger partial charge in [0.05, 0.1) is 4.47 Å². The first-order chi connectivity index (χ1) is 8.61. The van der Waals surface area contributed by atoms with E-state index >= 15 is 0 Å². The number of nitrogens with one attached hydrogen (secondary N) is 1. The molecule has 0 bridgehead atoms. The van der Waals surface area contributed by atoms with E-state index in [1.54, 1.807) is 0 Å². The number of hydrogen-bond donors (Lipinski definition) is 1. The van der Waals surface area contributed by atoms with Crippen molar-refractivity contribution in [3.05, 3.63) is 20.6 Å². The number of hydrogen-bond acceptors (Lipinski definition) is 2. The van der Waals surface area contributed by atoms with E-state index in [0.29, 0.717) is 10.6 Å². The molecule has 18 heavy (non-hydrogen) atoms. The lowest BCUT2D eigenvalue weighted by molar-refractivity contribution is 0.339. The second kappa shape index (κ2) is 6.29. The molecule has 0 radical (unpaired) electrons. The molecular formula is C14H21BrN2S. The van der Waals surface area contributed by atoms with Gasteiger partial charge in [-0.05, 0) is 41.1 Å². The number of aryl methyl sites for hydroxylation is 1. The topological polar surface area (TPSA) is 28.7 Å². The molecule has 0 spiro atoms. The molecule has 4 heteroatoms. The smallest absolute Gasteiger partial charge is 0.144 e. The predicted octanol–water partition coefficient (Wildman–Crippen LogP) is 5.15. The van der Waals surface area contributed by atoms with Gasteiger partial charge < -0.3 is 4.98 Å². The summed E-state index contributed by atoms with van der Waals surface area (Å²) in [5, 5.41) is 0. The molecule has 1 saturated carbocycles. The maximum absolute atomic E-state index is 5.36. The number of H-pyrrole nitrogens is 1. The van der Waals surface area contributed by atoms with Gasteiger partial charge in [0.15, 0.2) is 0 Å². The van der Waals surface area contributed by atoms with E-state index < -0.39 is 0 Å². The molecule has 1 aromatic heterocycles. The number of aromatic nitrogens is 2. The number of halogens is 1. The fourth-order valence-corrected chi connectivity index (χ4v) is 3.28. The van der Waals surface area contributed by atoms with E-state index in [1.165, 1.54) is 31.4 Å². The molecule has 0 aliphatic heterocycles. The number of nitrogens with zero attached hydrogens (tertiary/aromatic N) is 1. The van der Waals surface area contributed by atoms with Crippen molar-refractivity contribution in [2.75, 3.05) is 0 Å². The van der Waals surface area contributed by atoms with E-state index in [2.05, 4.69) is 39.7 Å². The Morgan fingerprint density at radius 1 is 1.33 bits per heavy atom. The molecule has 0 aromatic carbocycles. The Labute approximate surface area is 123 Å². The van der Waals surface area contributed by atoms with Crippen LogP contribution in [0.1, 0.15) is 63.4 Å². The maximum atomic E-state index is 5.36. The molecule has 1 heterocycles. The first-order valence-electron chi connectivity index (χ1n) is 6.90. The van der Waals surface area contributed by atoms with E-state index in [4.69, 9.17) is 12.2 Å². The van der Waals surface area contributed by atoms with Gasteiger partial charge in [-0.15, -0.1) is 0 Å². The van der Waals surface area contributed by atoms with Gasteiger partial charge in [-0.3, -0.25) is 0 Å². The van der Waals surface area contributed by atoms with Crippen molar-refractivity contribution in [2.45, 2.75) is 58.3 Å². The SMILES string of the molecule is CCCc1[nH]c(C2CCC(C)CC2)nc(=S)c1Br. The third-order valence-electron chi connectivity index (χ3n) is 3.86. The van der Waals surface area contributed by atoms with Crippen LogP contribution in [0.15, 0.2) is 4.47 Å². The van der Waals surface area contributed by atoms with Crippen molar-refractivity contribution in [2.24, 2.45) is 5.92 Å². The third-order valence-corrected chi connectivity index (χ3v) is 5.27. The molecule has 1 aromatic rings. The van der Waals surface area contributed by atoms with Gasteiger partial charge >= 0.3 is 0 Å². The Balaban J connectivity index is 2.25. The summed E-state index contributed by atoms with van der Waals surface area (Å²) in [5.41, 5.74) is 1.21. The van der Waals surface area contributed by atoms with Crippen LogP contribution in [0, 0.1) is 10.6 Å². The molecular weight excluding hydrogens is 308 g/mol. The van der Waals surface area contributed by atoms with Crippen LogP contribution in [0.3, 0.4) is 0 Å². The summed E-state index contributed by atoms with van der Waals surface area (Å²) in [5.74, 6) is 2.56. The summed E-state index contributed by atoms with van der Waals surface area (Å²) < 4.78 is 1.69. The van der Waals surface area contributed by atoms with Gasteiger partial charge in [-0.2, -0.15) is 0 Å². The Kier molecular flexibility index (Phi) is 4.96. The van der Waals surface area contributed by atoms with E-state index in [1.807, 2.05) is 0 Å². The van der Waals surface area contributed by atoms with Gasteiger partial charge in [0.25, 0.3) is 0 Å². The summed E-state index contributed by atoms with van der Waals surface area (Å²) >= 11 is 8.91. The van der Waals surface area contributed by atoms with Crippen molar-refractivity contribution >= 4 is 28.1 Å². The van der Waals surface area contributed by atoms with Gasteiger partial charge in [0.2, 0.25) is 0 Å². The first-order valence-corrected chi connectivity index (χ1v) is 8.10. The standard InChI is InChI=1S/C14H21BrN2S/c1-3-4-11-12(15)14(18)17-13(16-11)10-7-5-9(2)6-8-10/h9-10H,3-8H2,1-2H3,(H,16,17,18). The first kappa shape index (κ1) is 14.2. The Bertz CT molecular complexity index is 461.